The highest BCUT2D eigenvalue weighted by atomic mass is 32.2. The van der Waals surface area contributed by atoms with E-state index in [9.17, 15) is 13.2 Å². The molecule has 0 aromatic heterocycles. The molecule has 0 bridgehead atoms. The van der Waals surface area contributed by atoms with Crippen LogP contribution in [-0.4, -0.2) is 30.5 Å². The molecule has 0 spiro atoms. The Labute approximate surface area is 97.0 Å². The van der Waals surface area contributed by atoms with E-state index in [1.807, 2.05) is 13.8 Å². The zero-order chi connectivity index (χ0) is 12.3. The quantitative estimate of drug-likeness (QED) is 0.822. The maximum Gasteiger partial charge on any atom is 0.306 e. The van der Waals surface area contributed by atoms with Gasteiger partial charge in [0.1, 0.15) is 0 Å². The summed E-state index contributed by atoms with van der Waals surface area (Å²) in [5.74, 6) is -0.775. The minimum absolute atomic E-state index is 0.141. The van der Waals surface area contributed by atoms with Crippen molar-refractivity contribution in [3.63, 3.8) is 0 Å². The third-order valence-electron chi connectivity index (χ3n) is 3.10. The van der Waals surface area contributed by atoms with Crippen molar-refractivity contribution in [1.82, 2.24) is 0 Å². The standard InChI is InChI=1S/C11H20O4S/c1-8(2)7-16(14,15)10-5-3-9(4-6-10)11(12)13/h8-10H,3-7H2,1-2H3,(H,12,13). The van der Waals surface area contributed by atoms with Crippen molar-refractivity contribution in [2.75, 3.05) is 5.75 Å². The fourth-order valence-corrected chi connectivity index (χ4v) is 4.46. The lowest BCUT2D eigenvalue weighted by Gasteiger charge is -2.26. The molecule has 0 unspecified atom stereocenters. The van der Waals surface area contributed by atoms with E-state index < -0.39 is 15.8 Å². The predicted molar refractivity (Wildman–Crippen MR) is 62.0 cm³/mol. The van der Waals surface area contributed by atoms with Gasteiger partial charge in [-0.25, -0.2) is 8.42 Å². The van der Waals surface area contributed by atoms with Crippen molar-refractivity contribution in [3.8, 4) is 0 Å². The fraction of sp³-hybridized carbons (Fsp3) is 0.909. The minimum Gasteiger partial charge on any atom is -0.481 e. The van der Waals surface area contributed by atoms with Crippen LogP contribution in [0.2, 0.25) is 0 Å². The molecule has 0 heterocycles. The fourth-order valence-electron chi connectivity index (χ4n) is 2.27. The summed E-state index contributed by atoms with van der Waals surface area (Å²) in [5.41, 5.74) is 0. The van der Waals surface area contributed by atoms with Gasteiger partial charge >= 0.3 is 5.97 Å². The van der Waals surface area contributed by atoms with Crippen molar-refractivity contribution < 1.29 is 18.3 Å². The van der Waals surface area contributed by atoms with Crippen LogP contribution in [0, 0.1) is 11.8 Å². The van der Waals surface area contributed by atoms with E-state index in [-0.39, 0.29) is 22.8 Å². The molecule has 1 fully saturated rings. The van der Waals surface area contributed by atoms with E-state index in [4.69, 9.17) is 5.11 Å². The van der Waals surface area contributed by atoms with E-state index in [1.165, 1.54) is 0 Å². The normalized spacial score (nSPS) is 26.9. The van der Waals surface area contributed by atoms with Gasteiger partial charge in [-0.3, -0.25) is 4.79 Å². The summed E-state index contributed by atoms with van der Waals surface area (Å²) in [7, 11) is -3.02. The Morgan fingerprint density at radius 2 is 1.75 bits per heavy atom. The first kappa shape index (κ1) is 13.5. The molecule has 94 valence electrons. The van der Waals surface area contributed by atoms with Crippen molar-refractivity contribution >= 4 is 15.8 Å². The van der Waals surface area contributed by atoms with Gasteiger partial charge in [-0.05, 0) is 31.6 Å². The second-order valence-electron chi connectivity index (χ2n) is 5.04. The zero-order valence-corrected chi connectivity index (χ0v) is 10.7. The van der Waals surface area contributed by atoms with Crippen molar-refractivity contribution in [1.29, 1.82) is 0 Å². The van der Waals surface area contributed by atoms with Gasteiger partial charge in [0, 0.05) is 0 Å². The van der Waals surface area contributed by atoms with E-state index in [1.54, 1.807) is 0 Å². The molecule has 0 aromatic carbocycles. The highest BCUT2D eigenvalue weighted by Gasteiger charge is 2.33. The Kier molecular flexibility index (Phi) is 4.35. The molecule has 0 saturated heterocycles. The largest absolute Gasteiger partial charge is 0.481 e. The number of hydrogen-bond acceptors (Lipinski definition) is 3. The average molecular weight is 248 g/mol. The monoisotopic (exact) mass is 248 g/mol. The van der Waals surface area contributed by atoms with Crippen molar-refractivity contribution in [2.24, 2.45) is 11.8 Å². The number of carboxylic acid groups (broad SMARTS) is 1. The van der Waals surface area contributed by atoms with E-state index in [2.05, 4.69) is 0 Å². The van der Waals surface area contributed by atoms with Crippen LogP contribution in [0.15, 0.2) is 0 Å². The maximum atomic E-state index is 11.9. The molecule has 1 aliphatic rings. The van der Waals surface area contributed by atoms with Crippen LogP contribution in [0.25, 0.3) is 0 Å². The summed E-state index contributed by atoms with van der Waals surface area (Å²) < 4.78 is 23.9. The van der Waals surface area contributed by atoms with Gasteiger partial charge in [-0.2, -0.15) is 0 Å². The summed E-state index contributed by atoms with van der Waals surface area (Å²) in [4.78, 5) is 10.7. The van der Waals surface area contributed by atoms with Crippen LogP contribution in [0.4, 0.5) is 0 Å². The first-order valence-electron chi connectivity index (χ1n) is 5.77. The molecule has 4 nitrogen and oxygen atoms in total. The minimum atomic E-state index is -3.02. The van der Waals surface area contributed by atoms with Crippen LogP contribution >= 0.6 is 0 Å². The lowest BCUT2D eigenvalue weighted by atomic mass is 9.89. The molecule has 1 rings (SSSR count). The van der Waals surface area contributed by atoms with Crippen LogP contribution < -0.4 is 0 Å². The molecule has 1 N–H and O–H groups in total. The molecule has 16 heavy (non-hydrogen) atoms. The lowest BCUT2D eigenvalue weighted by Crippen LogP contribution is -2.32. The smallest absolute Gasteiger partial charge is 0.306 e. The predicted octanol–water partition coefficient (Wildman–Crippen LogP) is 1.70. The highest BCUT2D eigenvalue weighted by molar-refractivity contribution is 7.92. The number of hydrogen-bond donors (Lipinski definition) is 1. The molecular weight excluding hydrogens is 228 g/mol. The van der Waals surface area contributed by atoms with Crippen LogP contribution in [0.3, 0.4) is 0 Å². The first-order chi connectivity index (χ1) is 7.33. The van der Waals surface area contributed by atoms with Crippen LogP contribution in [0.5, 0.6) is 0 Å². The number of rotatable bonds is 4. The SMILES string of the molecule is CC(C)CS(=O)(=O)C1CCC(C(=O)O)CC1. The number of aliphatic carboxylic acids is 1. The Bertz CT molecular complexity index is 337. The molecule has 0 aromatic rings. The van der Waals surface area contributed by atoms with Gasteiger partial charge in [0.15, 0.2) is 9.84 Å². The van der Waals surface area contributed by atoms with Gasteiger partial charge in [0.05, 0.1) is 16.9 Å². The van der Waals surface area contributed by atoms with E-state index >= 15 is 0 Å². The Hall–Kier alpha value is -0.580. The first-order valence-corrected chi connectivity index (χ1v) is 7.49. The highest BCUT2D eigenvalue weighted by Crippen LogP contribution is 2.29. The summed E-state index contributed by atoms with van der Waals surface area (Å²) in [6.07, 6.45) is 2.01. The number of carbonyl (C=O) groups is 1. The topological polar surface area (TPSA) is 71.4 Å². The van der Waals surface area contributed by atoms with Crippen molar-refractivity contribution in [3.05, 3.63) is 0 Å². The lowest BCUT2D eigenvalue weighted by molar-refractivity contribution is -0.142. The summed E-state index contributed by atoms with van der Waals surface area (Å²) in [5, 5.41) is 8.51. The molecule has 0 atom stereocenters. The zero-order valence-electron chi connectivity index (χ0n) is 9.85. The third-order valence-corrected chi connectivity index (χ3v) is 5.72. The van der Waals surface area contributed by atoms with Gasteiger partial charge in [-0.15, -0.1) is 0 Å². The Morgan fingerprint density at radius 1 is 1.25 bits per heavy atom. The molecule has 5 heteroatoms. The van der Waals surface area contributed by atoms with Crippen molar-refractivity contribution in [2.45, 2.75) is 44.8 Å². The Balaban J connectivity index is 2.56. The van der Waals surface area contributed by atoms with Gasteiger partial charge in [0.2, 0.25) is 0 Å². The van der Waals surface area contributed by atoms with Crippen LogP contribution in [0.1, 0.15) is 39.5 Å². The second kappa shape index (κ2) is 5.17. The van der Waals surface area contributed by atoms with Gasteiger partial charge in [-0.1, -0.05) is 13.8 Å². The summed E-state index contributed by atoms with van der Waals surface area (Å²) in [6.45, 7) is 3.78. The Morgan fingerprint density at radius 3 is 2.12 bits per heavy atom. The summed E-state index contributed by atoms with van der Waals surface area (Å²) >= 11 is 0. The summed E-state index contributed by atoms with van der Waals surface area (Å²) in [6, 6.07) is 0. The number of sulfone groups is 1. The second-order valence-corrected chi connectivity index (χ2v) is 7.36. The van der Waals surface area contributed by atoms with Gasteiger partial charge < -0.3 is 5.11 Å². The van der Waals surface area contributed by atoms with E-state index in [0.29, 0.717) is 25.7 Å². The molecule has 0 amide bonds. The molecule has 1 saturated carbocycles. The number of carboxylic acids is 1. The third kappa shape index (κ3) is 3.47. The van der Waals surface area contributed by atoms with Gasteiger partial charge in [0.25, 0.3) is 0 Å². The molecule has 0 radical (unpaired) electrons. The molecule has 1 aliphatic carbocycles. The maximum absolute atomic E-state index is 11.9. The average Bonchev–Trinajstić information content (AvgIpc) is 2.16. The van der Waals surface area contributed by atoms with E-state index in [0.717, 1.165) is 0 Å². The van der Waals surface area contributed by atoms with Crippen LogP contribution in [-0.2, 0) is 14.6 Å². The molecule has 0 aliphatic heterocycles. The molecular formula is C11H20O4S.